The number of carbonyl (C=O) groups excluding carboxylic acids is 2. The first-order chi connectivity index (χ1) is 12.7. The molecule has 2 aromatic rings. The van der Waals surface area contributed by atoms with Crippen LogP contribution in [0.4, 0.5) is 0 Å². The number of carbonyl (C=O) groups is 2. The normalized spacial score (nSPS) is 32.0. The van der Waals surface area contributed by atoms with Crippen LogP contribution < -0.4 is 5.32 Å². The summed E-state index contributed by atoms with van der Waals surface area (Å²) in [5.74, 6) is 0.505. The Balaban J connectivity index is 1.29. The molecule has 1 spiro atoms. The Morgan fingerprint density at radius 3 is 3.12 bits per heavy atom. The summed E-state index contributed by atoms with van der Waals surface area (Å²) in [6.07, 6.45) is 5.17. The van der Waals surface area contributed by atoms with E-state index < -0.39 is 0 Å². The number of nitrogens with zero attached hydrogens (tertiary/aromatic N) is 2. The number of hydrogen-bond donors (Lipinski definition) is 2. The molecule has 8 heteroatoms. The highest BCUT2D eigenvalue weighted by molar-refractivity contribution is 5.92. The lowest BCUT2D eigenvalue weighted by atomic mass is 9.73. The van der Waals surface area contributed by atoms with Crippen LogP contribution in [0.3, 0.4) is 0 Å². The van der Waals surface area contributed by atoms with Gasteiger partial charge in [0, 0.05) is 31.1 Å². The topological polar surface area (TPSA) is 100 Å². The number of hydrogen-bond acceptors (Lipinski definition) is 5. The van der Waals surface area contributed by atoms with Gasteiger partial charge in [0.2, 0.25) is 0 Å². The summed E-state index contributed by atoms with van der Waals surface area (Å²) in [5.41, 5.74) is 0.235. The van der Waals surface area contributed by atoms with E-state index in [1.54, 1.807) is 24.4 Å². The predicted molar refractivity (Wildman–Crippen MR) is 89.4 cm³/mol. The molecule has 26 heavy (non-hydrogen) atoms. The van der Waals surface area contributed by atoms with Gasteiger partial charge < -0.3 is 19.4 Å². The van der Waals surface area contributed by atoms with Crippen LogP contribution in [0, 0.1) is 11.8 Å². The first-order valence-electron chi connectivity index (χ1n) is 8.94. The van der Waals surface area contributed by atoms with Crippen molar-refractivity contribution in [1.82, 2.24) is 20.4 Å². The van der Waals surface area contributed by atoms with Gasteiger partial charge in [-0.2, -0.15) is 5.10 Å². The van der Waals surface area contributed by atoms with E-state index in [2.05, 4.69) is 15.5 Å². The minimum Gasteiger partial charge on any atom is -0.459 e. The summed E-state index contributed by atoms with van der Waals surface area (Å²) in [6, 6.07) is 5.03. The third kappa shape index (κ3) is 2.28. The van der Waals surface area contributed by atoms with Gasteiger partial charge in [-0.1, -0.05) is 0 Å². The first-order valence-corrected chi connectivity index (χ1v) is 8.94. The van der Waals surface area contributed by atoms with E-state index in [1.165, 1.54) is 6.26 Å². The fourth-order valence-electron chi connectivity index (χ4n) is 4.87. The Morgan fingerprint density at radius 2 is 2.35 bits per heavy atom. The number of amides is 2. The quantitative estimate of drug-likeness (QED) is 0.853. The summed E-state index contributed by atoms with van der Waals surface area (Å²) in [6.45, 7) is 1.78. The third-order valence-electron chi connectivity index (χ3n) is 6.05. The van der Waals surface area contributed by atoms with Gasteiger partial charge in [0.15, 0.2) is 5.76 Å². The third-order valence-corrected chi connectivity index (χ3v) is 6.05. The number of fused-ring (bicyclic) bond motifs is 1. The standard InChI is InChI=1S/C18H20N4O4/c23-16(15-2-1-7-25-15)19-8-11-12-9-22(17(24)13-4-6-20-21-13)10-18(12)5-3-14(11)26-18/h1-2,4,6-7,11-12,14H,3,5,8-10H2,(H,19,23)(H,20,21)/t11-,12+,14+,18+/m0/s1. The SMILES string of the molecule is O=C(NC[C@H]1[C@H]2CN(C(=O)c3ccn[nH]3)C[C@]23CC[C@H]1O3)c1ccco1. The lowest BCUT2D eigenvalue weighted by Crippen LogP contribution is -2.41. The van der Waals surface area contributed by atoms with Crippen molar-refractivity contribution in [2.75, 3.05) is 19.6 Å². The minimum atomic E-state index is -0.263. The molecule has 136 valence electrons. The van der Waals surface area contributed by atoms with Crippen molar-refractivity contribution in [2.24, 2.45) is 11.8 Å². The van der Waals surface area contributed by atoms with Gasteiger partial charge >= 0.3 is 0 Å². The Morgan fingerprint density at radius 1 is 1.42 bits per heavy atom. The van der Waals surface area contributed by atoms with E-state index in [9.17, 15) is 9.59 Å². The van der Waals surface area contributed by atoms with Crippen molar-refractivity contribution < 1.29 is 18.7 Å². The molecule has 0 radical (unpaired) electrons. The lowest BCUT2D eigenvalue weighted by molar-refractivity contribution is 0.00310. The molecule has 5 heterocycles. The molecule has 0 aromatic carbocycles. The maximum Gasteiger partial charge on any atom is 0.286 e. The molecule has 8 nitrogen and oxygen atoms in total. The van der Waals surface area contributed by atoms with Gasteiger partial charge in [-0.3, -0.25) is 14.7 Å². The van der Waals surface area contributed by atoms with Crippen LogP contribution in [-0.4, -0.2) is 58.3 Å². The fraction of sp³-hybridized carbons (Fsp3) is 0.500. The van der Waals surface area contributed by atoms with Crippen LogP contribution in [0.15, 0.2) is 35.1 Å². The molecule has 4 atom stereocenters. The molecule has 0 saturated carbocycles. The summed E-state index contributed by atoms with van der Waals surface area (Å²) in [7, 11) is 0. The summed E-state index contributed by atoms with van der Waals surface area (Å²) < 4.78 is 11.5. The number of furan rings is 1. The second-order valence-electron chi connectivity index (χ2n) is 7.37. The molecular formula is C18H20N4O4. The van der Waals surface area contributed by atoms with Gasteiger partial charge in [0.1, 0.15) is 5.69 Å². The number of aromatic nitrogens is 2. The Bertz CT molecular complexity index is 818. The van der Waals surface area contributed by atoms with Crippen molar-refractivity contribution in [3.8, 4) is 0 Å². The van der Waals surface area contributed by atoms with Gasteiger partial charge in [0.05, 0.1) is 24.5 Å². The van der Waals surface area contributed by atoms with E-state index >= 15 is 0 Å². The molecule has 0 aliphatic carbocycles. The van der Waals surface area contributed by atoms with E-state index in [0.717, 1.165) is 12.8 Å². The van der Waals surface area contributed by atoms with E-state index in [1.807, 2.05) is 4.90 Å². The van der Waals surface area contributed by atoms with E-state index in [4.69, 9.17) is 9.15 Å². The second-order valence-corrected chi connectivity index (χ2v) is 7.37. The highest BCUT2D eigenvalue weighted by Gasteiger charge is 2.63. The molecule has 0 unspecified atom stereocenters. The maximum atomic E-state index is 12.7. The van der Waals surface area contributed by atoms with E-state index in [0.29, 0.717) is 31.1 Å². The summed E-state index contributed by atoms with van der Waals surface area (Å²) in [5, 5.41) is 9.56. The second kappa shape index (κ2) is 5.70. The Kier molecular flexibility index (Phi) is 3.43. The molecule has 3 aliphatic rings. The molecular weight excluding hydrogens is 336 g/mol. The maximum absolute atomic E-state index is 12.7. The first kappa shape index (κ1) is 15.6. The number of likely N-dealkylation sites (tertiary alicyclic amines) is 1. The molecule has 3 saturated heterocycles. The van der Waals surface area contributed by atoms with Crippen molar-refractivity contribution in [3.05, 3.63) is 42.1 Å². The average Bonchev–Trinajstić information content (AvgIpc) is 3.45. The van der Waals surface area contributed by atoms with Gasteiger partial charge in [0.25, 0.3) is 11.8 Å². The van der Waals surface area contributed by atoms with Gasteiger partial charge in [-0.05, 0) is 31.0 Å². The Hall–Kier alpha value is -2.61. The van der Waals surface area contributed by atoms with Crippen LogP contribution in [0.2, 0.25) is 0 Å². The smallest absolute Gasteiger partial charge is 0.286 e. The minimum absolute atomic E-state index is 0.0447. The van der Waals surface area contributed by atoms with Crippen molar-refractivity contribution in [2.45, 2.75) is 24.5 Å². The van der Waals surface area contributed by atoms with Gasteiger partial charge in [-0.15, -0.1) is 0 Å². The number of rotatable bonds is 4. The zero-order valence-corrected chi connectivity index (χ0v) is 14.2. The number of H-pyrrole nitrogens is 1. The molecule has 5 rings (SSSR count). The monoisotopic (exact) mass is 356 g/mol. The van der Waals surface area contributed by atoms with Crippen LogP contribution in [0.25, 0.3) is 0 Å². The lowest BCUT2D eigenvalue weighted by Gasteiger charge is -2.29. The fourth-order valence-corrected chi connectivity index (χ4v) is 4.87. The number of ether oxygens (including phenoxy) is 1. The van der Waals surface area contributed by atoms with E-state index in [-0.39, 0.29) is 35.4 Å². The molecule has 2 aromatic heterocycles. The molecule has 3 fully saturated rings. The highest BCUT2D eigenvalue weighted by Crippen LogP contribution is 2.54. The average molecular weight is 356 g/mol. The van der Waals surface area contributed by atoms with Crippen LogP contribution in [-0.2, 0) is 4.74 Å². The van der Waals surface area contributed by atoms with Crippen LogP contribution >= 0.6 is 0 Å². The van der Waals surface area contributed by atoms with Crippen molar-refractivity contribution in [3.63, 3.8) is 0 Å². The number of nitrogens with one attached hydrogen (secondary N) is 2. The largest absolute Gasteiger partial charge is 0.459 e. The summed E-state index contributed by atoms with van der Waals surface area (Å²) >= 11 is 0. The molecule has 2 amide bonds. The van der Waals surface area contributed by atoms with Crippen molar-refractivity contribution >= 4 is 11.8 Å². The molecule has 2 N–H and O–H groups in total. The Labute approximate surface area is 149 Å². The zero-order chi connectivity index (χ0) is 17.7. The zero-order valence-electron chi connectivity index (χ0n) is 14.2. The molecule has 3 aliphatic heterocycles. The van der Waals surface area contributed by atoms with Gasteiger partial charge in [-0.25, -0.2) is 0 Å². The highest BCUT2D eigenvalue weighted by atomic mass is 16.5. The van der Waals surface area contributed by atoms with Crippen LogP contribution in [0.1, 0.15) is 33.9 Å². The number of aromatic amines is 1. The van der Waals surface area contributed by atoms with Crippen molar-refractivity contribution in [1.29, 1.82) is 0 Å². The molecule has 2 bridgehead atoms. The predicted octanol–water partition coefficient (Wildman–Crippen LogP) is 1.05. The summed E-state index contributed by atoms with van der Waals surface area (Å²) in [4.78, 5) is 26.7. The van der Waals surface area contributed by atoms with Crippen LogP contribution in [0.5, 0.6) is 0 Å².